The number of rotatable bonds is 9. The summed E-state index contributed by atoms with van der Waals surface area (Å²) in [6, 6.07) is 14.5. The number of amides is 2. The van der Waals surface area contributed by atoms with E-state index in [4.69, 9.17) is 9.47 Å². The van der Waals surface area contributed by atoms with Crippen molar-refractivity contribution in [1.29, 1.82) is 0 Å². The molecular formula is C25H34N2O4. The van der Waals surface area contributed by atoms with Gasteiger partial charge in [0.2, 0.25) is 5.91 Å². The van der Waals surface area contributed by atoms with Gasteiger partial charge in [-0.15, -0.1) is 0 Å². The molecule has 0 aliphatic rings. The molecule has 0 saturated heterocycles. The van der Waals surface area contributed by atoms with Crippen LogP contribution >= 0.6 is 0 Å². The van der Waals surface area contributed by atoms with Gasteiger partial charge in [-0.1, -0.05) is 48.9 Å². The third-order valence-corrected chi connectivity index (χ3v) is 4.74. The van der Waals surface area contributed by atoms with E-state index in [1.165, 1.54) is 0 Å². The molecule has 2 aromatic carbocycles. The fourth-order valence-corrected chi connectivity index (χ4v) is 3.34. The van der Waals surface area contributed by atoms with Crippen LogP contribution in [0.25, 0.3) is 0 Å². The number of aryl methyl sites for hydroxylation is 1. The molecule has 2 amide bonds. The van der Waals surface area contributed by atoms with Crippen LogP contribution in [0.15, 0.2) is 48.5 Å². The minimum atomic E-state index is -0.603. The van der Waals surface area contributed by atoms with E-state index < -0.39 is 11.6 Å². The lowest BCUT2D eigenvalue weighted by atomic mass is 10.1. The Morgan fingerprint density at radius 1 is 1.06 bits per heavy atom. The van der Waals surface area contributed by atoms with Crippen LogP contribution in [-0.2, 0) is 16.1 Å². The Bertz CT molecular complexity index is 889. The van der Waals surface area contributed by atoms with Crippen molar-refractivity contribution in [3.8, 4) is 11.5 Å². The van der Waals surface area contributed by atoms with Gasteiger partial charge in [0, 0.05) is 12.1 Å². The second-order valence-corrected chi connectivity index (χ2v) is 8.61. The number of para-hydroxylation sites is 2. The van der Waals surface area contributed by atoms with E-state index >= 15 is 0 Å². The summed E-state index contributed by atoms with van der Waals surface area (Å²) in [6.07, 6.45) is 0.494. The average molecular weight is 427 g/mol. The van der Waals surface area contributed by atoms with Gasteiger partial charge < -0.3 is 19.7 Å². The van der Waals surface area contributed by atoms with Crippen molar-refractivity contribution >= 4 is 11.8 Å². The molecule has 31 heavy (non-hydrogen) atoms. The molecule has 0 aliphatic heterocycles. The van der Waals surface area contributed by atoms with Crippen molar-refractivity contribution < 1.29 is 19.1 Å². The molecule has 0 saturated carbocycles. The van der Waals surface area contributed by atoms with E-state index in [2.05, 4.69) is 5.32 Å². The smallest absolute Gasteiger partial charge is 0.261 e. The third kappa shape index (κ3) is 7.31. The maximum absolute atomic E-state index is 13.3. The molecule has 1 atom stereocenters. The van der Waals surface area contributed by atoms with Crippen LogP contribution in [0.4, 0.5) is 0 Å². The first-order valence-electron chi connectivity index (χ1n) is 10.6. The monoisotopic (exact) mass is 426 g/mol. The van der Waals surface area contributed by atoms with Crippen molar-refractivity contribution in [2.75, 3.05) is 13.7 Å². The van der Waals surface area contributed by atoms with E-state index in [9.17, 15) is 9.59 Å². The van der Waals surface area contributed by atoms with E-state index in [0.29, 0.717) is 24.5 Å². The van der Waals surface area contributed by atoms with Crippen molar-refractivity contribution in [2.45, 2.75) is 59.2 Å². The second-order valence-electron chi connectivity index (χ2n) is 8.61. The van der Waals surface area contributed by atoms with Gasteiger partial charge in [0.1, 0.15) is 6.04 Å². The number of carbonyl (C=O) groups excluding carboxylic acids is 2. The fourth-order valence-electron chi connectivity index (χ4n) is 3.34. The van der Waals surface area contributed by atoms with Crippen LogP contribution in [-0.4, -0.2) is 42.0 Å². The lowest BCUT2D eigenvalue weighted by molar-refractivity contribution is -0.143. The number of hydrogen-bond acceptors (Lipinski definition) is 4. The molecule has 0 unspecified atom stereocenters. The van der Waals surface area contributed by atoms with Gasteiger partial charge in [-0.05, 0) is 51.8 Å². The van der Waals surface area contributed by atoms with Crippen LogP contribution in [0.1, 0.15) is 45.2 Å². The molecule has 0 bridgehead atoms. The molecular weight excluding hydrogens is 392 g/mol. The van der Waals surface area contributed by atoms with Gasteiger partial charge in [-0.25, -0.2) is 0 Å². The van der Waals surface area contributed by atoms with Gasteiger partial charge in [0.25, 0.3) is 5.91 Å². The molecule has 168 valence electrons. The van der Waals surface area contributed by atoms with Gasteiger partial charge in [0.15, 0.2) is 18.1 Å². The van der Waals surface area contributed by atoms with Crippen LogP contribution in [0, 0.1) is 6.92 Å². The summed E-state index contributed by atoms with van der Waals surface area (Å²) in [5.74, 6) is 0.607. The zero-order valence-electron chi connectivity index (χ0n) is 19.4. The number of nitrogens with zero attached hydrogens (tertiary/aromatic N) is 1. The normalized spacial score (nSPS) is 12.1. The molecule has 0 radical (unpaired) electrons. The zero-order valence-corrected chi connectivity index (χ0v) is 19.4. The first-order valence-corrected chi connectivity index (χ1v) is 10.6. The molecule has 0 spiro atoms. The molecule has 0 fully saturated rings. The highest BCUT2D eigenvalue weighted by Crippen LogP contribution is 2.26. The molecule has 6 heteroatoms. The van der Waals surface area contributed by atoms with Crippen LogP contribution < -0.4 is 14.8 Å². The quantitative estimate of drug-likeness (QED) is 0.655. The number of ether oxygens (including phenoxy) is 2. The fraction of sp³-hybridized carbons (Fsp3) is 0.440. The predicted octanol–water partition coefficient (Wildman–Crippen LogP) is 4.10. The predicted molar refractivity (Wildman–Crippen MR) is 122 cm³/mol. The molecule has 0 aliphatic carbocycles. The third-order valence-electron chi connectivity index (χ3n) is 4.74. The highest BCUT2D eigenvalue weighted by atomic mass is 16.5. The Morgan fingerprint density at radius 2 is 1.74 bits per heavy atom. The number of carbonyl (C=O) groups is 2. The van der Waals surface area contributed by atoms with E-state index in [-0.39, 0.29) is 18.4 Å². The lowest BCUT2D eigenvalue weighted by Crippen LogP contribution is -2.54. The minimum Gasteiger partial charge on any atom is -0.493 e. The maximum atomic E-state index is 13.3. The van der Waals surface area contributed by atoms with Gasteiger partial charge >= 0.3 is 0 Å². The summed E-state index contributed by atoms with van der Waals surface area (Å²) in [7, 11) is 1.55. The summed E-state index contributed by atoms with van der Waals surface area (Å²) in [4.78, 5) is 27.9. The van der Waals surface area contributed by atoms with E-state index in [1.807, 2.05) is 71.0 Å². The zero-order chi connectivity index (χ0) is 23.0. The molecule has 1 N–H and O–H groups in total. The molecule has 2 rings (SSSR count). The van der Waals surface area contributed by atoms with Crippen molar-refractivity contribution in [1.82, 2.24) is 10.2 Å². The molecule has 0 heterocycles. The highest BCUT2D eigenvalue weighted by molar-refractivity contribution is 5.88. The molecule has 6 nitrogen and oxygen atoms in total. The first kappa shape index (κ1) is 24.3. The van der Waals surface area contributed by atoms with Gasteiger partial charge in [-0.3, -0.25) is 9.59 Å². The standard InChI is InChI=1S/C25H34N2O4/c1-7-20(24(29)26-25(3,4)5)27(16-19-12-10-11-18(2)15-19)23(28)17-31-22-14-9-8-13-21(22)30-6/h8-15,20H,7,16-17H2,1-6H3,(H,26,29)/t20-/m0/s1. The number of benzene rings is 2. The second kappa shape index (κ2) is 10.8. The molecule has 0 aromatic heterocycles. The summed E-state index contributed by atoms with van der Waals surface area (Å²) in [5, 5.41) is 3.00. The Labute approximate surface area is 185 Å². The summed E-state index contributed by atoms with van der Waals surface area (Å²) in [5.41, 5.74) is 1.67. The van der Waals surface area contributed by atoms with Crippen LogP contribution in [0.3, 0.4) is 0 Å². The van der Waals surface area contributed by atoms with E-state index in [0.717, 1.165) is 11.1 Å². The largest absolute Gasteiger partial charge is 0.493 e. The Hall–Kier alpha value is -3.02. The van der Waals surface area contributed by atoms with Crippen molar-refractivity contribution in [3.05, 3.63) is 59.7 Å². The topological polar surface area (TPSA) is 67.9 Å². The van der Waals surface area contributed by atoms with Crippen LogP contribution in [0.2, 0.25) is 0 Å². The minimum absolute atomic E-state index is 0.173. The highest BCUT2D eigenvalue weighted by Gasteiger charge is 2.31. The Morgan fingerprint density at radius 3 is 2.32 bits per heavy atom. The van der Waals surface area contributed by atoms with Crippen LogP contribution in [0.5, 0.6) is 11.5 Å². The maximum Gasteiger partial charge on any atom is 0.261 e. The average Bonchev–Trinajstić information content (AvgIpc) is 2.70. The number of methoxy groups -OCH3 is 1. The number of nitrogens with one attached hydrogen (secondary N) is 1. The molecule has 2 aromatic rings. The summed E-state index contributed by atoms with van der Waals surface area (Å²) >= 11 is 0. The first-order chi connectivity index (χ1) is 14.6. The van der Waals surface area contributed by atoms with Gasteiger partial charge in [0.05, 0.1) is 7.11 Å². The Balaban J connectivity index is 2.26. The summed E-state index contributed by atoms with van der Waals surface area (Å²) < 4.78 is 11.1. The summed E-state index contributed by atoms with van der Waals surface area (Å²) in [6.45, 7) is 9.82. The Kier molecular flexibility index (Phi) is 8.48. The number of hydrogen-bond donors (Lipinski definition) is 1. The van der Waals surface area contributed by atoms with Crippen molar-refractivity contribution in [3.63, 3.8) is 0 Å². The van der Waals surface area contributed by atoms with Gasteiger partial charge in [-0.2, -0.15) is 0 Å². The SMILES string of the molecule is CC[C@@H](C(=O)NC(C)(C)C)N(Cc1cccc(C)c1)C(=O)COc1ccccc1OC. The van der Waals surface area contributed by atoms with Crippen molar-refractivity contribution in [2.24, 2.45) is 0 Å². The lowest BCUT2D eigenvalue weighted by Gasteiger charge is -2.33. The van der Waals surface area contributed by atoms with E-state index in [1.54, 1.807) is 24.1 Å².